The third-order valence-electron chi connectivity index (χ3n) is 4.13. The molecule has 3 rings (SSSR count). The number of para-hydroxylation sites is 1. The Balaban J connectivity index is 1.80. The van der Waals surface area contributed by atoms with Gasteiger partial charge >= 0.3 is 17.9 Å². The lowest BCUT2D eigenvalue weighted by molar-refractivity contribution is -0.249. The van der Waals surface area contributed by atoms with E-state index in [1.54, 1.807) is 13.1 Å². The Bertz CT molecular complexity index is 930. The number of cyclic esters (lactones) is 2. The zero-order chi connectivity index (χ0) is 18.9. The molecule has 0 bridgehead atoms. The van der Waals surface area contributed by atoms with Crippen LogP contribution in [0.15, 0.2) is 30.5 Å². The lowest BCUT2D eigenvalue weighted by atomic mass is 9.93. The Kier molecular flexibility index (Phi) is 4.43. The van der Waals surface area contributed by atoms with Gasteiger partial charge in [-0.1, -0.05) is 24.0 Å². The van der Waals surface area contributed by atoms with Crippen molar-refractivity contribution in [3.8, 4) is 11.8 Å². The molecule has 0 aliphatic carbocycles. The normalized spacial score (nSPS) is 23.5. The summed E-state index contributed by atoms with van der Waals surface area (Å²) < 4.78 is 10.1. The number of fused-ring (bicyclic) bond motifs is 1. The molecule has 134 valence electrons. The Morgan fingerprint density at radius 3 is 2.65 bits per heavy atom. The number of nitrogens with one attached hydrogen (secondary N) is 1. The highest BCUT2D eigenvalue weighted by molar-refractivity contribution is 5.97. The standard InChI is InChI=1S/C19H17NO6/c1-11(6-7-12-4-3-5-13-8-9-20-16(12)13)15-17(23)25-19(2,10-14(21)22)26-18(15)24/h3-5,8-9,11,15,20H,10H2,1-2H3,(H,21,22). The van der Waals surface area contributed by atoms with Crippen molar-refractivity contribution in [1.29, 1.82) is 0 Å². The molecule has 1 fully saturated rings. The minimum atomic E-state index is -1.79. The summed E-state index contributed by atoms with van der Waals surface area (Å²) in [5.41, 5.74) is 1.61. The Labute approximate surface area is 149 Å². The highest BCUT2D eigenvalue weighted by Crippen LogP contribution is 2.30. The Morgan fingerprint density at radius 1 is 1.31 bits per heavy atom. The van der Waals surface area contributed by atoms with E-state index in [4.69, 9.17) is 14.6 Å². The van der Waals surface area contributed by atoms with Gasteiger partial charge in [0.15, 0.2) is 5.92 Å². The third-order valence-corrected chi connectivity index (χ3v) is 4.13. The summed E-state index contributed by atoms with van der Waals surface area (Å²) in [5.74, 6) is -0.695. The predicted molar refractivity (Wildman–Crippen MR) is 90.7 cm³/mol. The van der Waals surface area contributed by atoms with E-state index in [0.29, 0.717) is 0 Å². The first-order valence-electron chi connectivity index (χ1n) is 8.04. The van der Waals surface area contributed by atoms with Gasteiger partial charge in [-0.3, -0.25) is 14.4 Å². The number of carboxylic acid groups (broad SMARTS) is 1. The van der Waals surface area contributed by atoms with Gasteiger partial charge in [0.05, 0.1) is 5.52 Å². The van der Waals surface area contributed by atoms with E-state index in [9.17, 15) is 14.4 Å². The SMILES string of the molecule is CC(C#Cc1cccc2cc[nH]c12)C1C(=O)OC(C)(CC(=O)O)OC1=O. The molecule has 1 aromatic carbocycles. The van der Waals surface area contributed by atoms with E-state index in [-0.39, 0.29) is 0 Å². The molecule has 1 aliphatic rings. The van der Waals surface area contributed by atoms with Gasteiger partial charge in [0.25, 0.3) is 5.79 Å². The van der Waals surface area contributed by atoms with Crippen molar-refractivity contribution in [1.82, 2.24) is 4.98 Å². The average Bonchev–Trinajstić information content (AvgIpc) is 2.99. The molecule has 26 heavy (non-hydrogen) atoms. The molecular formula is C19H17NO6. The number of carbonyl (C=O) groups is 3. The number of hydrogen-bond acceptors (Lipinski definition) is 5. The zero-order valence-electron chi connectivity index (χ0n) is 14.2. The maximum atomic E-state index is 12.2. The van der Waals surface area contributed by atoms with Gasteiger partial charge in [0.1, 0.15) is 6.42 Å². The average molecular weight is 355 g/mol. The molecule has 1 unspecified atom stereocenters. The smallest absolute Gasteiger partial charge is 0.324 e. The maximum absolute atomic E-state index is 12.2. The minimum Gasteiger partial charge on any atom is -0.481 e. The summed E-state index contributed by atoms with van der Waals surface area (Å²) in [6, 6.07) is 7.56. The molecule has 0 spiro atoms. The van der Waals surface area contributed by atoms with Crippen molar-refractivity contribution in [3.05, 3.63) is 36.0 Å². The van der Waals surface area contributed by atoms with Crippen LogP contribution in [0.1, 0.15) is 25.8 Å². The number of rotatable bonds is 3. The van der Waals surface area contributed by atoms with Crippen LogP contribution in [0.2, 0.25) is 0 Å². The first-order valence-corrected chi connectivity index (χ1v) is 8.04. The number of aromatic amines is 1. The van der Waals surface area contributed by atoms with Crippen molar-refractivity contribution >= 4 is 28.8 Å². The van der Waals surface area contributed by atoms with Gasteiger partial charge in [-0.25, -0.2) is 0 Å². The van der Waals surface area contributed by atoms with Crippen molar-refractivity contribution < 1.29 is 29.0 Å². The number of carboxylic acids is 1. The van der Waals surface area contributed by atoms with E-state index in [1.807, 2.05) is 24.3 Å². The van der Waals surface area contributed by atoms with Gasteiger partial charge in [0.2, 0.25) is 0 Å². The van der Waals surface area contributed by atoms with Crippen LogP contribution >= 0.6 is 0 Å². The van der Waals surface area contributed by atoms with Crippen molar-refractivity contribution in [2.75, 3.05) is 0 Å². The van der Waals surface area contributed by atoms with Crippen LogP contribution in [0.5, 0.6) is 0 Å². The van der Waals surface area contributed by atoms with E-state index >= 15 is 0 Å². The molecule has 2 aromatic rings. The molecule has 1 atom stereocenters. The number of aromatic nitrogens is 1. The summed E-state index contributed by atoms with van der Waals surface area (Å²) in [6.07, 6.45) is 1.19. The summed E-state index contributed by atoms with van der Waals surface area (Å²) in [4.78, 5) is 38.4. The lowest BCUT2D eigenvalue weighted by Gasteiger charge is -2.35. The second-order valence-electron chi connectivity index (χ2n) is 6.33. The number of hydrogen-bond donors (Lipinski definition) is 2. The van der Waals surface area contributed by atoms with Gasteiger partial charge in [-0.05, 0) is 19.1 Å². The van der Waals surface area contributed by atoms with Crippen LogP contribution in [0.4, 0.5) is 0 Å². The fourth-order valence-electron chi connectivity index (χ4n) is 2.89. The number of benzene rings is 1. The van der Waals surface area contributed by atoms with Gasteiger partial charge < -0.3 is 19.6 Å². The molecule has 1 aromatic heterocycles. The highest BCUT2D eigenvalue weighted by Gasteiger charge is 2.48. The number of carbonyl (C=O) groups excluding carboxylic acids is 2. The van der Waals surface area contributed by atoms with E-state index in [1.165, 1.54) is 6.92 Å². The molecule has 0 saturated carbocycles. The molecule has 7 nitrogen and oxygen atoms in total. The molecule has 0 radical (unpaired) electrons. The topological polar surface area (TPSA) is 106 Å². The second kappa shape index (κ2) is 6.56. The molecule has 1 aliphatic heterocycles. The van der Waals surface area contributed by atoms with Crippen LogP contribution < -0.4 is 0 Å². The van der Waals surface area contributed by atoms with Crippen LogP contribution in [0.3, 0.4) is 0 Å². The number of aliphatic carboxylic acids is 1. The van der Waals surface area contributed by atoms with Gasteiger partial charge in [-0.15, -0.1) is 0 Å². The zero-order valence-corrected chi connectivity index (χ0v) is 14.2. The fourth-order valence-corrected chi connectivity index (χ4v) is 2.89. The molecule has 7 heteroatoms. The molecule has 1 saturated heterocycles. The Hall–Kier alpha value is -3.27. The summed E-state index contributed by atoms with van der Waals surface area (Å²) in [5, 5.41) is 9.85. The number of esters is 2. The quantitative estimate of drug-likeness (QED) is 0.496. The van der Waals surface area contributed by atoms with Gasteiger partial charge in [0, 0.05) is 30.0 Å². The minimum absolute atomic E-state index is 0.619. The molecule has 2 N–H and O–H groups in total. The fraction of sp³-hybridized carbons (Fsp3) is 0.316. The monoisotopic (exact) mass is 355 g/mol. The van der Waals surface area contributed by atoms with E-state index < -0.39 is 42.0 Å². The molecular weight excluding hydrogens is 338 g/mol. The van der Waals surface area contributed by atoms with E-state index in [0.717, 1.165) is 16.5 Å². The summed E-state index contributed by atoms with van der Waals surface area (Å²) >= 11 is 0. The summed E-state index contributed by atoms with van der Waals surface area (Å²) in [7, 11) is 0. The van der Waals surface area contributed by atoms with Crippen molar-refractivity contribution in [2.24, 2.45) is 11.8 Å². The van der Waals surface area contributed by atoms with Crippen molar-refractivity contribution in [3.63, 3.8) is 0 Å². The highest BCUT2D eigenvalue weighted by atomic mass is 16.7. The van der Waals surface area contributed by atoms with Gasteiger partial charge in [-0.2, -0.15) is 0 Å². The maximum Gasteiger partial charge on any atom is 0.324 e. The molecule has 2 heterocycles. The number of H-pyrrole nitrogens is 1. The Morgan fingerprint density at radius 2 is 2.00 bits per heavy atom. The van der Waals surface area contributed by atoms with Crippen LogP contribution in [-0.2, 0) is 23.9 Å². The second-order valence-corrected chi connectivity index (χ2v) is 6.33. The third kappa shape index (κ3) is 3.40. The van der Waals surface area contributed by atoms with Crippen LogP contribution in [-0.4, -0.2) is 33.8 Å². The predicted octanol–water partition coefficient (Wildman–Crippen LogP) is 2.06. The summed E-state index contributed by atoms with van der Waals surface area (Å²) in [6.45, 7) is 2.87. The van der Waals surface area contributed by atoms with Crippen molar-refractivity contribution in [2.45, 2.75) is 26.1 Å². The van der Waals surface area contributed by atoms with Crippen LogP contribution in [0.25, 0.3) is 10.9 Å². The lowest BCUT2D eigenvalue weighted by Crippen LogP contribution is -2.50. The number of ether oxygens (including phenoxy) is 2. The first-order chi connectivity index (χ1) is 12.3. The first kappa shape index (κ1) is 17.5. The molecule has 0 amide bonds. The largest absolute Gasteiger partial charge is 0.481 e. The van der Waals surface area contributed by atoms with E-state index in [2.05, 4.69) is 16.8 Å². The van der Waals surface area contributed by atoms with Crippen LogP contribution in [0, 0.1) is 23.7 Å².